The van der Waals surface area contributed by atoms with E-state index in [9.17, 15) is 0 Å². The lowest BCUT2D eigenvalue weighted by Crippen LogP contribution is -1.93. The maximum atomic E-state index is 5.96. The van der Waals surface area contributed by atoms with Crippen molar-refractivity contribution in [3.05, 3.63) is 53.1 Å². The topological polar surface area (TPSA) is 40.6 Å². The summed E-state index contributed by atoms with van der Waals surface area (Å²) >= 11 is 3.41. The highest BCUT2D eigenvalue weighted by Crippen LogP contribution is 2.36. The normalized spacial score (nSPS) is 10.5. The van der Waals surface area contributed by atoms with Gasteiger partial charge in [0.25, 0.3) is 0 Å². The summed E-state index contributed by atoms with van der Waals surface area (Å²) in [5, 5.41) is 0.864. The van der Waals surface area contributed by atoms with Crippen LogP contribution in [0, 0.1) is 0 Å². The number of methoxy groups -OCH3 is 2. The van der Waals surface area contributed by atoms with Crippen molar-refractivity contribution in [1.82, 2.24) is 4.98 Å². The van der Waals surface area contributed by atoms with Gasteiger partial charge in [-0.3, -0.25) is 4.98 Å². The molecule has 3 rings (SSSR count). The smallest absolute Gasteiger partial charge is 0.162 e. The molecule has 4 nitrogen and oxygen atoms in total. The molecule has 22 heavy (non-hydrogen) atoms. The van der Waals surface area contributed by atoms with Gasteiger partial charge in [-0.05, 0) is 36.4 Å². The van der Waals surface area contributed by atoms with Gasteiger partial charge in [-0.25, -0.2) is 0 Å². The first-order valence-corrected chi connectivity index (χ1v) is 7.44. The molecule has 0 bridgehead atoms. The Bertz CT molecular complexity index is 803. The Balaban J connectivity index is 2.07. The molecule has 0 atom stereocenters. The van der Waals surface area contributed by atoms with Crippen molar-refractivity contribution in [3.63, 3.8) is 0 Å². The Morgan fingerprint density at radius 2 is 1.55 bits per heavy atom. The zero-order valence-electron chi connectivity index (χ0n) is 12.2. The highest BCUT2D eigenvalue weighted by molar-refractivity contribution is 9.10. The van der Waals surface area contributed by atoms with E-state index in [4.69, 9.17) is 14.2 Å². The van der Waals surface area contributed by atoms with Crippen LogP contribution in [0.15, 0.2) is 53.1 Å². The minimum absolute atomic E-state index is 0.642. The molecule has 112 valence electrons. The van der Waals surface area contributed by atoms with E-state index in [2.05, 4.69) is 20.9 Å². The van der Waals surface area contributed by atoms with E-state index in [1.807, 2.05) is 42.5 Å². The van der Waals surface area contributed by atoms with E-state index in [0.717, 1.165) is 21.1 Å². The number of hydrogen-bond acceptors (Lipinski definition) is 4. The van der Waals surface area contributed by atoms with Gasteiger partial charge < -0.3 is 14.2 Å². The van der Waals surface area contributed by atoms with Crippen LogP contribution in [0.25, 0.3) is 10.9 Å². The first kappa shape index (κ1) is 14.7. The Kier molecular flexibility index (Phi) is 4.15. The number of fused-ring (bicyclic) bond motifs is 1. The van der Waals surface area contributed by atoms with Crippen LogP contribution >= 0.6 is 15.9 Å². The summed E-state index contributed by atoms with van der Waals surface area (Å²) in [5.41, 5.74) is 0.785. The number of rotatable bonds is 4. The van der Waals surface area contributed by atoms with E-state index in [1.54, 1.807) is 20.4 Å². The zero-order chi connectivity index (χ0) is 15.5. The molecular weight excluding hydrogens is 346 g/mol. The molecule has 0 spiro atoms. The van der Waals surface area contributed by atoms with Crippen molar-refractivity contribution in [1.29, 1.82) is 0 Å². The van der Waals surface area contributed by atoms with Crippen molar-refractivity contribution in [2.45, 2.75) is 0 Å². The fourth-order valence-electron chi connectivity index (χ4n) is 2.17. The second-order valence-corrected chi connectivity index (χ2v) is 5.51. The maximum absolute atomic E-state index is 5.96. The van der Waals surface area contributed by atoms with Gasteiger partial charge in [-0.2, -0.15) is 0 Å². The molecule has 1 heterocycles. The van der Waals surface area contributed by atoms with Crippen LogP contribution in [0.1, 0.15) is 0 Å². The quantitative estimate of drug-likeness (QED) is 0.670. The van der Waals surface area contributed by atoms with Crippen molar-refractivity contribution in [3.8, 4) is 23.0 Å². The summed E-state index contributed by atoms with van der Waals surface area (Å²) in [6.07, 6.45) is 1.71. The van der Waals surface area contributed by atoms with Gasteiger partial charge in [0.05, 0.1) is 19.7 Å². The number of pyridine rings is 1. The van der Waals surface area contributed by atoms with E-state index in [-0.39, 0.29) is 0 Å². The van der Waals surface area contributed by atoms with E-state index >= 15 is 0 Å². The average molecular weight is 360 g/mol. The lowest BCUT2D eigenvalue weighted by atomic mass is 10.2. The third kappa shape index (κ3) is 2.85. The van der Waals surface area contributed by atoms with Crippen molar-refractivity contribution >= 4 is 26.8 Å². The fourth-order valence-corrected chi connectivity index (χ4v) is 2.43. The van der Waals surface area contributed by atoms with Crippen LogP contribution in [-0.2, 0) is 0 Å². The van der Waals surface area contributed by atoms with Gasteiger partial charge in [0.15, 0.2) is 11.5 Å². The highest BCUT2D eigenvalue weighted by Gasteiger charge is 2.11. The van der Waals surface area contributed by atoms with E-state index in [0.29, 0.717) is 17.2 Å². The number of halogens is 1. The first-order chi connectivity index (χ1) is 10.7. The lowest BCUT2D eigenvalue weighted by Gasteiger charge is -2.12. The van der Waals surface area contributed by atoms with Crippen LogP contribution in [0.3, 0.4) is 0 Å². The molecule has 0 saturated heterocycles. The average Bonchev–Trinajstić information content (AvgIpc) is 2.56. The molecule has 0 radical (unpaired) electrons. The number of benzene rings is 2. The van der Waals surface area contributed by atoms with Crippen LogP contribution in [0.2, 0.25) is 0 Å². The van der Waals surface area contributed by atoms with Crippen molar-refractivity contribution in [2.24, 2.45) is 0 Å². The molecule has 1 aromatic heterocycles. The summed E-state index contributed by atoms with van der Waals surface area (Å²) in [7, 11) is 3.21. The molecule has 0 unspecified atom stereocenters. The molecule has 2 aromatic carbocycles. The number of nitrogens with zero attached hydrogens (tertiary/aromatic N) is 1. The summed E-state index contributed by atoms with van der Waals surface area (Å²) in [4.78, 5) is 4.36. The van der Waals surface area contributed by atoms with Gasteiger partial charge in [0.2, 0.25) is 0 Å². The van der Waals surface area contributed by atoms with Gasteiger partial charge in [0.1, 0.15) is 11.5 Å². The highest BCUT2D eigenvalue weighted by atomic mass is 79.9. The summed E-state index contributed by atoms with van der Waals surface area (Å²) in [6.45, 7) is 0. The largest absolute Gasteiger partial charge is 0.493 e. The van der Waals surface area contributed by atoms with Gasteiger partial charge >= 0.3 is 0 Å². The van der Waals surface area contributed by atoms with Gasteiger partial charge in [0, 0.05) is 22.1 Å². The monoisotopic (exact) mass is 359 g/mol. The lowest BCUT2D eigenvalue weighted by molar-refractivity contribution is 0.355. The minimum atomic E-state index is 0.642. The standard InChI is InChI=1S/C17H14BrNO3/c1-20-16-9-13-14(10-17(16)21-2)19-8-7-15(13)22-12-5-3-11(18)4-6-12/h3-10H,1-2H3. The number of ether oxygens (including phenoxy) is 3. The third-order valence-electron chi connectivity index (χ3n) is 3.25. The predicted molar refractivity (Wildman–Crippen MR) is 89.1 cm³/mol. The SMILES string of the molecule is COc1cc2nccc(Oc3ccc(Br)cc3)c2cc1OC. The first-order valence-electron chi connectivity index (χ1n) is 6.65. The molecule has 0 N–H and O–H groups in total. The number of hydrogen-bond donors (Lipinski definition) is 0. The Morgan fingerprint density at radius 3 is 2.23 bits per heavy atom. The molecule has 0 aliphatic carbocycles. The van der Waals surface area contributed by atoms with Crippen LogP contribution in [0.4, 0.5) is 0 Å². The van der Waals surface area contributed by atoms with Gasteiger partial charge in [-0.15, -0.1) is 0 Å². The molecular formula is C17H14BrNO3. The molecule has 3 aromatic rings. The van der Waals surface area contributed by atoms with E-state index in [1.165, 1.54) is 0 Å². The molecule has 0 aliphatic heterocycles. The minimum Gasteiger partial charge on any atom is -0.493 e. The fraction of sp³-hybridized carbons (Fsp3) is 0.118. The summed E-state index contributed by atoms with van der Waals surface area (Å²) in [5.74, 6) is 2.76. The Labute approximate surface area is 136 Å². The Hall–Kier alpha value is -2.27. The van der Waals surface area contributed by atoms with Crippen LogP contribution < -0.4 is 14.2 Å². The Morgan fingerprint density at radius 1 is 0.864 bits per heavy atom. The molecule has 0 saturated carbocycles. The molecule has 0 fully saturated rings. The van der Waals surface area contributed by atoms with Crippen LogP contribution in [0.5, 0.6) is 23.0 Å². The molecule has 5 heteroatoms. The maximum Gasteiger partial charge on any atom is 0.162 e. The van der Waals surface area contributed by atoms with Crippen molar-refractivity contribution in [2.75, 3.05) is 14.2 Å². The molecule has 0 aliphatic rings. The van der Waals surface area contributed by atoms with Crippen molar-refractivity contribution < 1.29 is 14.2 Å². The summed E-state index contributed by atoms with van der Waals surface area (Å²) < 4.78 is 17.6. The second-order valence-electron chi connectivity index (χ2n) is 4.59. The number of aromatic nitrogens is 1. The third-order valence-corrected chi connectivity index (χ3v) is 3.78. The predicted octanol–water partition coefficient (Wildman–Crippen LogP) is 4.81. The van der Waals surface area contributed by atoms with Crippen LogP contribution in [-0.4, -0.2) is 19.2 Å². The van der Waals surface area contributed by atoms with E-state index < -0.39 is 0 Å². The summed E-state index contributed by atoms with van der Waals surface area (Å²) in [6, 6.07) is 13.2. The second kappa shape index (κ2) is 6.23. The molecule has 0 amide bonds. The zero-order valence-corrected chi connectivity index (χ0v) is 13.8. The van der Waals surface area contributed by atoms with Gasteiger partial charge in [-0.1, -0.05) is 15.9 Å².